The highest BCUT2D eigenvalue weighted by Crippen LogP contribution is 2.34. The molecule has 0 saturated heterocycles. The molecule has 2 atom stereocenters. The molecule has 33 valence electrons. The van der Waals surface area contributed by atoms with E-state index in [-0.39, 0.29) is 0 Å². The average molecular weight is 83.1 g/mol. The summed E-state index contributed by atoms with van der Waals surface area (Å²) in [6.07, 6.45) is 3.01. The molecular formula is C5H7O. The topological polar surface area (TPSA) is 17.1 Å². The molecule has 0 aromatic heterocycles. The van der Waals surface area contributed by atoms with Crippen LogP contribution in [0.5, 0.6) is 0 Å². The van der Waals surface area contributed by atoms with Crippen LogP contribution >= 0.6 is 0 Å². The second kappa shape index (κ2) is 1.07. The monoisotopic (exact) mass is 83.0 g/mol. The van der Waals surface area contributed by atoms with Crippen LogP contribution in [-0.2, 0) is 4.79 Å². The van der Waals surface area contributed by atoms with E-state index in [9.17, 15) is 4.79 Å². The zero-order valence-electron chi connectivity index (χ0n) is 3.77. The zero-order chi connectivity index (χ0) is 4.57. The lowest BCUT2D eigenvalue weighted by atomic mass is 10.4. The molecule has 1 saturated carbocycles. The molecule has 0 aromatic rings. The summed E-state index contributed by atoms with van der Waals surface area (Å²) in [7, 11) is 0. The van der Waals surface area contributed by atoms with Crippen molar-refractivity contribution in [3.8, 4) is 0 Å². The maximum atomic E-state index is 9.65. The van der Waals surface area contributed by atoms with E-state index in [2.05, 4.69) is 6.92 Å². The van der Waals surface area contributed by atoms with Gasteiger partial charge in [-0.3, -0.25) is 4.79 Å². The highest BCUT2D eigenvalue weighted by atomic mass is 16.1. The van der Waals surface area contributed by atoms with E-state index in [0.717, 1.165) is 6.42 Å². The first kappa shape index (κ1) is 3.85. The van der Waals surface area contributed by atoms with Crippen LogP contribution in [0.1, 0.15) is 13.3 Å². The molecule has 1 nitrogen and oxygen atoms in total. The number of hydrogen-bond acceptors (Lipinski definition) is 1. The highest BCUT2D eigenvalue weighted by Gasteiger charge is 2.32. The third kappa shape index (κ3) is 0.445. The third-order valence-corrected chi connectivity index (χ3v) is 1.26. The van der Waals surface area contributed by atoms with Crippen LogP contribution in [0.2, 0.25) is 0 Å². The summed E-state index contributed by atoms with van der Waals surface area (Å²) in [6, 6.07) is 0. The summed E-state index contributed by atoms with van der Waals surface area (Å²) < 4.78 is 0. The van der Waals surface area contributed by atoms with Crippen LogP contribution in [0.3, 0.4) is 0 Å². The van der Waals surface area contributed by atoms with Gasteiger partial charge in [0.05, 0.1) is 0 Å². The van der Waals surface area contributed by atoms with E-state index in [4.69, 9.17) is 0 Å². The van der Waals surface area contributed by atoms with E-state index in [1.54, 1.807) is 0 Å². The minimum absolute atomic E-state index is 0.296. The zero-order valence-corrected chi connectivity index (χ0v) is 3.77. The van der Waals surface area contributed by atoms with Crippen molar-refractivity contribution in [2.24, 2.45) is 11.8 Å². The number of rotatable bonds is 1. The van der Waals surface area contributed by atoms with Crippen LogP contribution in [-0.4, -0.2) is 6.29 Å². The van der Waals surface area contributed by atoms with E-state index in [1.807, 2.05) is 6.29 Å². The summed E-state index contributed by atoms with van der Waals surface area (Å²) >= 11 is 0. The summed E-state index contributed by atoms with van der Waals surface area (Å²) in [6.45, 7) is 2.07. The van der Waals surface area contributed by atoms with Crippen LogP contribution in [0, 0.1) is 11.8 Å². The van der Waals surface area contributed by atoms with Crippen molar-refractivity contribution < 1.29 is 4.79 Å². The van der Waals surface area contributed by atoms with Gasteiger partial charge in [0.15, 0.2) is 0 Å². The van der Waals surface area contributed by atoms with E-state index >= 15 is 0 Å². The second-order valence-corrected chi connectivity index (χ2v) is 1.94. The van der Waals surface area contributed by atoms with Crippen molar-refractivity contribution in [1.82, 2.24) is 0 Å². The van der Waals surface area contributed by atoms with Crippen molar-refractivity contribution in [3.05, 3.63) is 0 Å². The Morgan fingerprint density at radius 2 is 2.33 bits per heavy atom. The molecule has 0 amide bonds. The van der Waals surface area contributed by atoms with Gasteiger partial charge in [0, 0.05) is 5.92 Å². The molecule has 2 unspecified atom stereocenters. The first-order valence-electron chi connectivity index (χ1n) is 2.22. The van der Waals surface area contributed by atoms with Crippen LogP contribution in [0.4, 0.5) is 0 Å². The maximum Gasteiger partial charge on any atom is 0.202 e. The molecule has 6 heavy (non-hydrogen) atoms. The quantitative estimate of drug-likeness (QED) is 0.457. The summed E-state index contributed by atoms with van der Waals surface area (Å²) in [4.78, 5) is 9.65. The van der Waals surface area contributed by atoms with E-state index in [0.29, 0.717) is 11.8 Å². The van der Waals surface area contributed by atoms with Gasteiger partial charge in [0.1, 0.15) is 0 Å². The maximum absolute atomic E-state index is 9.65. The van der Waals surface area contributed by atoms with Gasteiger partial charge in [-0.2, -0.15) is 0 Å². The molecule has 1 rings (SSSR count). The molecule has 0 bridgehead atoms. The van der Waals surface area contributed by atoms with Gasteiger partial charge in [0.25, 0.3) is 0 Å². The molecular weight excluding hydrogens is 76.1 g/mol. The van der Waals surface area contributed by atoms with Gasteiger partial charge < -0.3 is 0 Å². The number of hydrogen-bond donors (Lipinski definition) is 0. The normalized spacial score (nSPS) is 42.2. The molecule has 0 spiro atoms. The Morgan fingerprint density at radius 3 is 2.33 bits per heavy atom. The van der Waals surface area contributed by atoms with Gasteiger partial charge in [-0.05, 0) is 12.3 Å². The molecule has 0 aromatic carbocycles. The Balaban J connectivity index is 2.25. The van der Waals surface area contributed by atoms with Crippen molar-refractivity contribution in [2.75, 3.05) is 0 Å². The van der Waals surface area contributed by atoms with E-state index in [1.165, 1.54) is 0 Å². The molecule has 0 heterocycles. The largest absolute Gasteiger partial charge is 0.291 e. The van der Waals surface area contributed by atoms with Gasteiger partial charge in [-0.15, -0.1) is 0 Å². The first-order valence-corrected chi connectivity index (χ1v) is 2.22. The van der Waals surface area contributed by atoms with Gasteiger partial charge in [-0.1, -0.05) is 6.92 Å². The minimum atomic E-state index is 0.296. The lowest BCUT2D eigenvalue weighted by Gasteiger charge is -1.65. The van der Waals surface area contributed by atoms with Gasteiger partial charge >= 0.3 is 0 Å². The Morgan fingerprint density at radius 1 is 1.83 bits per heavy atom. The molecule has 1 aliphatic carbocycles. The lowest BCUT2D eigenvalue weighted by molar-refractivity contribution is 0.546. The molecule has 1 fully saturated rings. The minimum Gasteiger partial charge on any atom is -0.291 e. The lowest BCUT2D eigenvalue weighted by Crippen LogP contribution is -1.73. The molecule has 1 radical (unpaired) electrons. The Kier molecular flexibility index (Phi) is 0.685. The Bertz CT molecular complexity index is 68.3. The molecule has 0 N–H and O–H groups in total. The van der Waals surface area contributed by atoms with Crippen molar-refractivity contribution in [1.29, 1.82) is 0 Å². The summed E-state index contributed by atoms with van der Waals surface area (Å²) in [5, 5.41) is 0. The molecule has 1 heteroatoms. The average Bonchev–Trinajstić information content (AvgIpc) is 2.19. The predicted molar refractivity (Wildman–Crippen MR) is 23.0 cm³/mol. The standard InChI is InChI=1S/C5H7O/c1-4-2-5(4)3-6/h4-5H,2H2,1H3. The van der Waals surface area contributed by atoms with Crippen molar-refractivity contribution in [3.63, 3.8) is 0 Å². The number of carbonyl (C=O) groups excluding carboxylic acids is 1. The smallest absolute Gasteiger partial charge is 0.202 e. The van der Waals surface area contributed by atoms with Crippen molar-refractivity contribution >= 4 is 6.29 Å². The Labute approximate surface area is 37.4 Å². The molecule has 0 aliphatic heterocycles. The van der Waals surface area contributed by atoms with Crippen molar-refractivity contribution in [2.45, 2.75) is 13.3 Å². The summed E-state index contributed by atoms with van der Waals surface area (Å²) in [5.41, 5.74) is 0. The fourth-order valence-corrected chi connectivity index (χ4v) is 0.486. The van der Waals surface area contributed by atoms with E-state index < -0.39 is 0 Å². The van der Waals surface area contributed by atoms with Gasteiger partial charge in [0.2, 0.25) is 6.29 Å². The molecule has 1 aliphatic rings. The fraction of sp³-hybridized carbons (Fsp3) is 0.800. The SMILES string of the molecule is CC1CC1[C]=O. The van der Waals surface area contributed by atoms with Gasteiger partial charge in [-0.25, -0.2) is 0 Å². The van der Waals surface area contributed by atoms with Crippen LogP contribution in [0.15, 0.2) is 0 Å². The Hall–Kier alpha value is -0.330. The summed E-state index contributed by atoms with van der Waals surface area (Å²) in [5.74, 6) is 0.937. The highest BCUT2D eigenvalue weighted by molar-refractivity contribution is 5.58. The van der Waals surface area contributed by atoms with Crippen LogP contribution < -0.4 is 0 Å². The second-order valence-electron chi connectivity index (χ2n) is 1.94. The first-order chi connectivity index (χ1) is 2.84. The fourth-order valence-electron chi connectivity index (χ4n) is 0.486. The predicted octanol–water partition coefficient (Wildman–Crippen LogP) is 0.752. The third-order valence-electron chi connectivity index (χ3n) is 1.26. The van der Waals surface area contributed by atoms with Crippen LogP contribution in [0.25, 0.3) is 0 Å².